The molecule has 2 heterocycles. The lowest BCUT2D eigenvalue weighted by Crippen LogP contribution is -2.29. The van der Waals surface area contributed by atoms with E-state index in [0.717, 1.165) is 10.2 Å². The first-order valence-corrected chi connectivity index (χ1v) is 8.35. The minimum atomic E-state index is -0.416. The van der Waals surface area contributed by atoms with E-state index in [1.807, 2.05) is 0 Å². The van der Waals surface area contributed by atoms with Crippen molar-refractivity contribution in [1.29, 1.82) is 0 Å². The van der Waals surface area contributed by atoms with Crippen molar-refractivity contribution in [3.05, 3.63) is 46.2 Å². The second-order valence-corrected chi connectivity index (χ2v) is 5.91. The SMILES string of the molecule is COc1ccc(-c2ccc(=O)n(CC(=O)Nc3nncs3)n2)cc1OC. The molecule has 0 atom stereocenters. The normalized spacial score (nSPS) is 10.4. The van der Waals surface area contributed by atoms with Crippen LogP contribution in [0.4, 0.5) is 5.13 Å². The van der Waals surface area contributed by atoms with Gasteiger partial charge in [0, 0.05) is 11.6 Å². The smallest absolute Gasteiger partial charge is 0.267 e. The number of anilines is 1. The van der Waals surface area contributed by atoms with Crippen LogP contribution in [0.3, 0.4) is 0 Å². The summed E-state index contributed by atoms with van der Waals surface area (Å²) in [5.41, 5.74) is 2.36. The number of nitrogens with zero attached hydrogens (tertiary/aromatic N) is 4. The fourth-order valence-electron chi connectivity index (χ4n) is 2.23. The molecule has 2 aromatic heterocycles. The van der Waals surface area contributed by atoms with Crippen LogP contribution in [0.5, 0.6) is 11.5 Å². The van der Waals surface area contributed by atoms with E-state index in [4.69, 9.17) is 9.47 Å². The van der Waals surface area contributed by atoms with Gasteiger partial charge in [0.15, 0.2) is 11.5 Å². The molecule has 134 valence electrons. The van der Waals surface area contributed by atoms with Gasteiger partial charge in [0.2, 0.25) is 11.0 Å². The van der Waals surface area contributed by atoms with Crippen molar-refractivity contribution < 1.29 is 14.3 Å². The average Bonchev–Trinajstić information content (AvgIpc) is 3.15. The molecule has 10 heteroatoms. The maximum atomic E-state index is 12.1. The first-order valence-electron chi connectivity index (χ1n) is 7.47. The third-order valence-corrected chi connectivity index (χ3v) is 4.05. The Labute approximate surface area is 152 Å². The van der Waals surface area contributed by atoms with E-state index in [1.54, 1.807) is 31.4 Å². The fourth-order valence-corrected chi connectivity index (χ4v) is 2.70. The Morgan fingerprint density at radius 2 is 2.00 bits per heavy atom. The van der Waals surface area contributed by atoms with Crippen molar-refractivity contribution in [1.82, 2.24) is 20.0 Å². The van der Waals surface area contributed by atoms with Crippen LogP contribution in [0, 0.1) is 0 Å². The Kier molecular flexibility index (Phi) is 5.23. The molecule has 1 aromatic carbocycles. The first-order chi connectivity index (χ1) is 12.6. The van der Waals surface area contributed by atoms with Crippen molar-refractivity contribution in [3.8, 4) is 22.8 Å². The van der Waals surface area contributed by atoms with Crippen LogP contribution in [-0.4, -0.2) is 40.1 Å². The van der Waals surface area contributed by atoms with Gasteiger partial charge in [0.1, 0.15) is 12.1 Å². The maximum absolute atomic E-state index is 12.1. The standard InChI is InChI=1S/C16H15N5O4S/c1-24-12-5-3-10(7-13(12)25-2)11-4-6-15(23)21(20-11)8-14(22)18-16-19-17-9-26-16/h3-7,9H,8H2,1-2H3,(H,18,19,22). The maximum Gasteiger partial charge on any atom is 0.267 e. The van der Waals surface area contributed by atoms with Gasteiger partial charge < -0.3 is 9.47 Å². The summed E-state index contributed by atoms with van der Waals surface area (Å²) >= 11 is 1.19. The largest absolute Gasteiger partial charge is 0.493 e. The number of hydrogen-bond acceptors (Lipinski definition) is 8. The number of amides is 1. The molecule has 0 aliphatic carbocycles. The molecule has 1 N–H and O–H groups in total. The number of nitrogens with one attached hydrogen (secondary N) is 1. The van der Waals surface area contributed by atoms with E-state index >= 15 is 0 Å². The van der Waals surface area contributed by atoms with Crippen LogP contribution in [0.25, 0.3) is 11.3 Å². The number of carbonyl (C=O) groups is 1. The number of ether oxygens (including phenoxy) is 2. The summed E-state index contributed by atoms with van der Waals surface area (Å²) in [4.78, 5) is 24.1. The van der Waals surface area contributed by atoms with Crippen molar-refractivity contribution in [3.63, 3.8) is 0 Å². The Hall–Kier alpha value is -3.27. The van der Waals surface area contributed by atoms with Crippen LogP contribution >= 0.6 is 11.3 Å². The zero-order valence-electron chi connectivity index (χ0n) is 14.0. The molecular formula is C16H15N5O4S. The van der Waals surface area contributed by atoms with E-state index in [-0.39, 0.29) is 12.1 Å². The summed E-state index contributed by atoms with van der Waals surface area (Å²) in [6.07, 6.45) is 0. The predicted octanol–water partition coefficient (Wildman–Crippen LogP) is 1.42. The van der Waals surface area contributed by atoms with E-state index in [2.05, 4.69) is 20.6 Å². The number of rotatable bonds is 6. The molecule has 0 saturated carbocycles. The van der Waals surface area contributed by atoms with Crippen LogP contribution < -0.4 is 20.3 Å². The quantitative estimate of drug-likeness (QED) is 0.696. The molecule has 3 rings (SSSR count). The van der Waals surface area contributed by atoms with Gasteiger partial charge in [-0.1, -0.05) is 11.3 Å². The van der Waals surface area contributed by atoms with Crippen LogP contribution in [0.1, 0.15) is 0 Å². The summed E-state index contributed by atoms with van der Waals surface area (Å²) in [5, 5.41) is 14.5. The molecule has 0 aliphatic rings. The summed E-state index contributed by atoms with van der Waals surface area (Å²) < 4.78 is 11.6. The minimum absolute atomic E-state index is 0.237. The van der Waals surface area contributed by atoms with E-state index in [9.17, 15) is 9.59 Å². The van der Waals surface area contributed by atoms with Crippen LogP contribution in [0.15, 0.2) is 40.6 Å². The van der Waals surface area contributed by atoms with Gasteiger partial charge in [-0.15, -0.1) is 10.2 Å². The highest BCUT2D eigenvalue weighted by molar-refractivity contribution is 7.13. The van der Waals surface area contributed by atoms with E-state index < -0.39 is 5.91 Å². The Morgan fingerprint density at radius 3 is 2.69 bits per heavy atom. The molecule has 0 saturated heterocycles. The number of methoxy groups -OCH3 is 2. The average molecular weight is 373 g/mol. The predicted molar refractivity (Wildman–Crippen MR) is 95.6 cm³/mol. The van der Waals surface area contributed by atoms with Gasteiger partial charge in [0.25, 0.3) is 5.56 Å². The molecule has 3 aromatic rings. The molecule has 9 nitrogen and oxygen atoms in total. The van der Waals surface area contributed by atoms with Gasteiger partial charge in [-0.05, 0) is 24.3 Å². The van der Waals surface area contributed by atoms with Gasteiger partial charge >= 0.3 is 0 Å². The second kappa shape index (κ2) is 7.74. The molecule has 26 heavy (non-hydrogen) atoms. The Balaban J connectivity index is 1.85. The number of benzene rings is 1. The molecule has 0 fully saturated rings. The van der Waals surface area contributed by atoms with Crippen molar-refractivity contribution in [2.75, 3.05) is 19.5 Å². The Morgan fingerprint density at radius 1 is 1.19 bits per heavy atom. The summed E-state index contributed by atoms with van der Waals surface area (Å²) in [6, 6.07) is 8.23. The lowest BCUT2D eigenvalue weighted by Gasteiger charge is -2.10. The third kappa shape index (κ3) is 3.86. The summed E-state index contributed by atoms with van der Waals surface area (Å²) in [5.74, 6) is 0.709. The highest BCUT2D eigenvalue weighted by Crippen LogP contribution is 2.31. The monoisotopic (exact) mass is 373 g/mol. The number of hydrogen-bond donors (Lipinski definition) is 1. The van der Waals surface area contributed by atoms with Crippen molar-refractivity contribution >= 4 is 22.4 Å². The highest BCUT2D eigenvalue weighted by atomic mass is 32.1. The molecule has 0 bridgehead atoms. The van der Waals surface area contributed by atoms with Crippen LogP contribution in [-0.2, 0) is 11.3 Å². The minimum Gasteiger partial charge on any atom is -0.493 e. The second-order valence-electron chi connectivity index (χ2n) is 5.08. The topological polar surface area (TPSA) is 108 Å². The van der Waals surface area contributed by atoms with E-state index in [0.29, 0.717) is 22.3 Å². The Bertz CT molecular complexity index is 971. The molecular weight excluding hydrogens is 358 g/mol. The van der Waals surface area contributed by atoms with Gasteiger partial charge in [-0.3, -0.25) is 14.9 Å². The zero-order chi connectivity index (χ0) is 18.5. The lowest BCUT2D eigenvalue weighted by atomic mass is 10.1. The molecule has 0 unspecified atom stereocenters. The highest BCUT2D eigenvalue weighted by Gasteiger charge is 2.11. The van der Waals surface area contributed by atoms with Crippen molar-refractivity contribution in [2.45, 2.75) is 6.54 Å². The molecule has 0 aliphatic heterocycles. The summed E-state index contributed by atoms with van der Waals surface area (Å²) in [6.45, 7) is -0.237. The zero-order valence-corrected chi connectivity index (χ0v) is 14.8. The molecule has 0 spiro atoms. The van der Waals surface area contributed by atoms with Gasteiger partial charge in [-0.25, -0.2) is 4.68 Å². The number of aromatic nitrogens is 4. The van der Waals surface area contributed by atoms with Gasteiger partial charge in [0.05, 0.1) is 19.9 Å². The molecule has 1 amide bonds. The lowest BCUT2D eigenvalue weighted by molar-refractivity contribution is -0.117. The van der Waals surface area contributed by atoms with Crippen LogP contribution in [0.2, 0.25) is 0 Å². The summed E-state index contributed by atoms with van der Waals surface area (Å²) in [7, 11) is 3.08. The van der Waals surface area contributed by atoms with E-state index in [1.165, 1.54) is 30.0 Å². The van der Waals surface area contributed by atoms with Crippen molar-refractivity contribution in [2.24, 2.45) is 0 Å². The number of carbonyl (C=O) groups excluding carboxylic acids is 1. The fraction of sp³-hybridized carbons (Fsp3) is 0.188. The van der Waals surface area contributed by atoms with Gasteiger partial charge in [-0.2, -0.15) is 5.10 Å². The third-order valence-electron chi connectivity index (χ3n) is 3.45. The first kappa shape index (κ1) is 17.5. The molecule has 0 radical (unpaired) electrons.